The largest absolute Gasteiger partial charge is 0.478 e. The molecule has 0 fully saturated rings. The number of hydrogen-bond donors (Lipinski definition) is 2. The van der Waals surface area contributed by atoms with Gasteiger partial charge in [0.05, 0.1) is 10.5 Å². The molecular weight excluding hydrogens is 338 g/mol. The van der Waals surface area contributed by atoms with Gasteiger partial charge in [-0.15, -0.1) is 11.3 Å². The zero-order valence-corrected chi connectivity index (χ0v) is 14.3. The Bertz CT molecular complexity index is 897. The molecule has 0 bridgehead atoms. The van der Waals surface area contributed by atoms with Crippen LogP contribution in [-0.4, -0.2) is 31.7 Å². The predicted octanol–water partition coefficient (Wildman–Crippen LogP) is 2.72. The van der Waals surface area contributed by atoms with Gasteiger partial charge in [-0.25, -0.2) is 13.2 Å². The summed E-state index contributed by atoms with van der Waals surface area (Å²) in [7, 11) is -3.43. The van der Waals surface area contributed by atoms with E-state index in [9.17, 15) is 23.1 Å². The van der Waals surface area contributed by atoms with Crippen molar-refractivity contribution in [3.8, 4) is 0 Å². The van der Waals surface area contributed by atoms with E-state index >= 15 is 0 Å². The van der Waals surface area contributed by atoms with Crippen molar-refractivity contribution in [1.82, 2.24) is 0 Å². The van der Waals surface area contributed by atoms with Crippen molar-refractivity contribution < 1.29 is 23.1 Å². The van der Waals surface area contributed by atoms with Crippen LogP contribution >= 0.6 is 11.3 Å². The number of carboxylic acid groups (broad SMARTS) is 1. The molecule has 0 aliphatic heterocycles. The van der Waals surface area contributed by atoms with Gasteiger partial charge in [-0.2, -0.15) is 0 Å². The lowest BCUT2D eigenvalue weighted by atomic mass is 10.1. The van der Waals surface area contributed by atoms with Crippen LogP contribution in [0, 0.1) is 13.8 Å². The summed E-state index contributed by atoms with van der Waals surface area (Å²) in [5, 5.41) is 12.1. The van der Waals surface area contributed by atoms with Crippen molar-refractivity contribution in [2.24, 2.45) is 0 Å². The molecule has 1 amide bonds. The smallest absolute Gasteiger partial charge is 0.338 e. The Labute approximate surface area is 137 Å². The van der Waals surface area contributed by atoms with E-state index < -0.39 is 21.7 Å². The highest BCUT2D eigenvalue weighted by Crippen LogP contribution is 2.32. The molecule has 8 heteroatoms. The molecule has 1 aromatic heterocycles. The number of carboxylic acids is 1. The zero-order chi connectivity index (χ0) is 17.4. The lowest BCUT2D eigenvalue weighted by molar-refractivity contribution is 0.0697. The first-order chi connectivity index (χ1) is 10.6. The third kappa shape index (κ3) is 3.59. The van der Waals surface area contributed by atoms with Crippen LogP contribution in [0.4, 0.5) is 5.00 Å². The van der Waals surface area contributed by atoms with E-state index in [0.717, 1.165) is 11.1 Å². The van der Waals surface area contributed by atoms with E-state index in [1.807, 2.05) is 0 Å². The summed E-state index contributed by atoms with van der Waals surface area (Å²) >= 11 is 1.17. The summed E-state index contributed by atoms with van der Waals surface area (Å²) in [6.45, 7) is 3.45. The minimum absolute atomic E-state index is 0.0298. The van der Waals surface area contributed by atoms with Crippen LogP contribution in [0.3, 0.4) is 0 Å². The maximum Gasteiger partial charge on any atom is 0.338 e. The number of amides is 1. The normalized spacial score (nSPS) is 11.3. The molecule has 0 saturated carbocycles. The predicted molar refractivity (Wildman–Crippen MR) is 88.3 cm³/mol. The highest BCUT2D eigenvalue weighted by Gasteiger charge is 2.21. The molecule has 0 saturated heterocycles. The molecule has 0 unspecified atom stereocenters. The van der Waals surface area contributed by atoms with Gasteiger partial charge in [0.2, 0.25) is 0 Å². The van der Waals surface area contributed by atoms with E-state index in [1.54, 1.807) is 13.8 Å². The van der Waals surface area contributed by atoms with Crippen LogP contribution < -0.4 is 5.32 Å². The Morgan fingerprint density at radius 1 is 1.22 bits per heavy atom. The van der Waals surface area contributed by atoms with Crippen molar-refractivity contribution in [2.45, 2.75) is 18.7 Å². The number of thiophene rings is 1. The SMILES string of the molecule is Cc1sc(NC(=O)c2cccc(S(C)(=O)=O)c2)c(C(=O)O)c1C. The number of rotatable bonds is 4. The van der Waals surface area contributed by atoms with Crippen LogP contribution in [0.2, 0.25) is 0 Å². The lowest BCUT2D eigenvalue weighted by Gasteiger charge is -2.06. The standard InChI is InChI=1S/C15H15NO5S2/c1-8-9(2)22-14(12(8)15(18)19)16-13(17)10-5-4-6-11(7-10)23(3,20)21/h4-7H,1-3H3,(H,16,17)(H,18,19). The number of hydrogen-bond acceptors (Lipinski definition) is 5. The molecule has 122 valence electrons. The van der Waals surface area contributed by atoms with Crippen molar-refractivity contribution in [1.29, 1.82) is 0 Å². The second-order valence-corrected chi connectivity index (χ2v) is 8.29. The minimum Gasteiger partial charge on any atom is -0.478 e. The van der Waals surface area contributed by atoms with Crippen LogP contribution in [-0.2, 0) is 9.84 Å². The summed E-state index contributed by atoms with van der Waals surface area (Å²) in [5.41, 5.74) is 0.802. The maximum atomic E-state index is 12.3. The lowest BCUT2D eigenvalue weighted by Crippen LogP contribution is -2.14. The summed E-state index contributed by atoms with van der Waals surface area (Å²) in [4.78, 5) is 24.5. The number of nitrogens with one attached hydrogen (secondary N) is 1. The Morgan fingerprint density at radius 3 is 2.43 bits per heavy atom. The van der Waals surface area contributed by atoms with Crippen LogP contribution in [0.15, 0.2) is 29.2 Å². The van der Waals surface area contributed by atoms with Gasteiger partial charge in [-0.05, 0) is 37.6 Å². The van der Waals surface area contributed by atoms with E-state index in [4.69, 9.17) is 0 Å². The van der Waals surface area contributed by atoms with Crippen molar-refractivity contribution >= 4 is 38.1 Å². The van der Waals surface area contributed by atoms with Gasteiger partial charge in [-0.1, -0.05) is 6.07 Å². The number of anilines is 1. The van der Waals surface area contributed by atoms with Gasteiger partial charge in [0, 0.05) is 16.7 Å². The average Bonchev–Trinajstić information content (AvgIpc) is 2.73. The molecule has 6 nitrogen and oxygen atoms in total. The first-order valence-corrected chi connectivity index (χ1v) is 9.27. The number of aryl methyl sites for hydroxylation is 1. The molecule has 2 aromatic rings. The zero-order valence-electron chi connectivity index (χ0n) is 12.7. The Hall–Kier alpha value is -2.19. The van der Waals surface area contributed by atoms with Gasteiger partial charge < -0.3 is 10.4 Å². The second kappa shape index (κ2) is 6.13. The number of aromatic carboxylic acids is 1. The Balaban J connectivity index is 2.38. The monoisotopic (exact) mass is 353 g/mol. The molecule has 1 aromatic carbocycles. The van der Waals surface area contributed by atoms with Crippen molar-refractivity contribution in [2.75, 3.05) is 11.6 Å². The number of carbonyl (C=O) groups excluding carboxylic acids is 1. The van der Waals surface area contributed by atoms with E-state index in [1.165, 1.54) is 35.6 Å². The van der Waals surface area contributed by atoms with Gasteiger partial charge in [0.15, 0.2) is 9.84 Å². The molecule has 23 heavy (non-hydrogen) atoms. The maximum absolute atomic E-state index is 12.3. The first kappa shape index (κ1) is 17.2. The fraction of sp³-hybridized carbons (Fsp3) is 0.200. The molecule has 0 atom stereocenters. The van der Waals surface area contributed by atoms with Gasteiger partial charge >= 0.3 is 5.97 Å². The van der Waals surface area contributed by atoms with Crippen LogP contribution in [0.25, 0.3) is 0 Å². The molecule has 0 aliphatic rings. The number of benzene rings is 1. The molecule has 0 spiro atoms. The fourth-order valence-electron chi connectivity index (χ4n) is 2.02. The average molecular weight is 353 g/mol. The van der Waals surface area contributed by atoms with Crippen molar-refractivity contribution in [3.63, 3.8) is 0 Å². The van der Waals surface area contributed by atoms with Gasteiger partial charge in [0.25, 0.3) is 5.91 Å². The molecule has 2 rings (SSSR count). The molecule has 0 radical (unpaired) electrons. The third-order valence-electron chi connectivity index (χ3n) is 3.35. The fourth-order valence-corrected chi connectivity index (χ4v) is 3.73. The van der Waals surface area contributed by atoms with Crippen LogP contribution in [0.1, 0.15) is 31.2 Å². The van der Waals surface area contributed by atoms with Crippen LogP contribution in [0.5, 0.6) is 0 Å². The Morgan fingerprint density at radius 2 is 1.87 bits per heavy atom. The Kier molecular flexibility index (Phi) is 4.58. The molecular formula is C15H15NO5S2. The second-order valence-electron chi connectivity index (χ2n) is 5.05. The summed E-state index contributed by atoms with van der Waals surface area (Å²) < 4.78 is 23.1. The summed E-state index contributed by atoms with van der Waals surface area (Å²) in [6, 6.07) is 5.60. The highest BCUT2D eigenvalue weighted by molar-refractivity contribution is 7.90. The first-order valence-electron chi connectivity index (χ1n) is 6.56. The van der Waals surface area contributed by atoms with Gasteiger partial charge in [0.1, 0.15) is 5.00 Å². The topological polar surface area (TPSA) is 101 Å². The molecule has 1 heterocycles. The quantitative estimate of drug-likeness (QED) is 0.880. The van der Waals surface area contributed by atoms with E-state index in [-0.39, 0.29) is 21.0 Å². The molecule has 0 aliphatic carbocycles. The number of carbonyl (C=O) groups is 2. The molecule has 2 N–H and O–H groups in total. The summed E-state index contributed by atoms with van der Waals surface area (Å²) in [5.74, 6) is -1.67. The van der Waals surface area contributed by atoms with Gasteiger partial charge in [-0.3, -0.25) is 4.79 Å². The highest BCUT2D eigenvalue weighted by atomic mass is 32.2. The summed E-state index contributed by atoms with van der Waals surface area (Å²) in [6.07, 6.45) is 1.05. The van der Waals surface area contributed by atoms with E-state index in [2.05, 4.69) is 5.32 Å². The third-order valence-corrected chi connectivity index (χ3v) is 5.58. The van der Waals surface area contributed by atoms with E-state index in [0.29, 0.717) is 5.56 Å². The minimum atomic E-state index is -3.43. The number of sulfone groups is 1. The van der Waals surface area contributed by atoms with Crippen molar-refractivity contribution in [3.05, 3.63) is 45.8 Å².